The number of hydrogen-bond donors (Lipinski definition) is 2. The van der Waals surface area contributed by atoms with E-state index in [-0.39, 0.29) is 12.6 Å². The van der Waals surface area contributed by atoms with Gasteiger partial charge in [-0.05, 0) is 51.1 Å². The molecule has 2 rings (SSSR count). The zero-order valence-electron chi connectivity index (χ0n) is 15.2. The number of fused-ring (bicyclic) bond motifs is 1. The third-order valence-electron chi connectivity index (χ3n) is 4.55. The minimum absolute atomic E-state index is 0.115. The fraction of sp³-hybridized carbons (Fsp3) is 0.474. The molecule has 1 heterocycles. The molecule has 0 spiro atoms. The number of benzene rings is 1. The quantitative estimate of drug-likeness (QED) is 0.714. The molecular weight excluding hydrogens is 337 g/mol. The molecule has 0 aliphatic heterocycles. The highest BCUT2D eigenvalue weighted by Crippen LogP contribution is 2.28. The maximum Gasteiger partial charge on any atom is 0.412 e. The van der Waals surface area contributed by atoms with Crippen LogP contribution in [0.5, 0.6) is 0 Å². The van der Waals surface area contributed by atoms with Gasteiger partial charge in [-0.2, -0.15) is 0 Å². The van der Waals surface area contributed by atoms with E-state index in [1.165, 1.54) is 23.2 Å². The number of halogens is 1. The summed E-state index contributed by atoms with van der Waals surface area (Å²) in [5.41, 5.74) is 0.943. The Morgan fingerprint density at radius 3 is 2.73 bits per heavy atom. The standard InChI is InChI=1S/C19H26FN3O3/c1-3-22(11-12-24)10-4-5-14(2)23(19(25)26)18-8-9-21-17-13-15(20)6-7-16(17)18/h6-9,13-14,24H,3-5,10-12H2,1-2H3,(H,25,26). The molecule has 0 saturated heterocycles. The summed E-state index contributed by atoms with van der Waals surface area (Å²) in [6.45, 7) is 6.28. The summed E-state index contributed by atoms with van der Waals surface area (Å²) in [5, 5.41) is 19.4. The molecule has 2 aromatic rings. The lowest BCUT2D eigenvalue weighted by molar-refractivity contribution is 0.194. The highest BCUT2D eigenvalue weighted by Gasteiger charge is 2.23. The average molecular weight is 363 g/mol. The Morgan fingerprint density at radius 2 is 2.08 bits per heavy atom. The SMILES string of the molecule is CCN(CCO)CCCC(C)N(C(=O)O)c1ccnc2cc(F)ccc12. The number of rotatable bonds is 9. The number of amides is 1. The normalized spacial score (nSPS) is 12.5. The second kappa shape index (κ2) is 9.45. The van der Waals surface area contributed by atoms with Gasteiger partial charge in [0.05, 0.1) is 17.8 Å². The maximum atomic E-state index is 13.4. The van der Waals surface area contributed by atoms with Gasteiger partial charge in [0.2, 0.25) is 0 Å². The Balaban J connectivity index is 2.17. The summed E-state index contributed by atoms with van der Waals surface area (Å²) in [5.74, 6) is -0.402. The summed E-state index contributed by atoms with van der Waals surface area (Å²) in [4.78, 5) is 19.5. The van der Waals surface area contributed by atoms with E-state index in [0.717, 1.165) is 19.5 Å². The summed E-state index contributed by atoms with van der Waals surface area (Å²) in [6, 6.07) is 5.59. The number of aromatic nitrogens is 1. The van der Waals surface area contributed by atoms with E-state index in [4.69, 9.17) is 5.11 Å². The molecule has 1 atom stereocenters. The van der Waals surface area contributed by atoms with E-state index >= 15 is 0 Å². The zero-order chi connectivity index (χ0) is 19.1. The molecule has 0 aliphatic rings. The number of hydrogen-bond acceptors (Lipinski definition) is 4. The van der Waals surface area contributed by atoms with E-state index in [0.29, 0.717) is 29.6 Å². The van der Waals surface area contributed by atoms with E-state index in [1.807, 2.05) is 13.8 Å². The lowest BCUT2D eigenvalue weighted by Gasteiger charge is -2.28. The number of carbonyl (C=O) groups is 1. The molecule has 142 valence electrons. The van der Waals surface area contributed by atoms with Crippen LogP contribution in [0.2, 0.25) is 0 Å². The predicted octanol–water partition coefficient (Wildman–Crippen LogP) is 3.34. The third kappa shape index (κ3) is 4.89. The van der Waals surface area contributed by atoms with Crippen molar-refractivity contribution in [1.82, 2.24) is 9.88 Å². The number of nitrogens with zero attached hydrogens (tertiary/aromatic N) is 3. The van der Waals surface area contributed by atoms with Crippen LogP contribution in [0, 0.1) is 5.82 Å². The van der Waals surface area contributed by atoms with Gasteiger partial charge in [-0.25, -0.2) is 9.18 Å². The summed E-state index contributed by atoms with van der Waals surface area (Å²) < 4.78 is 13.4. The number of pyridine rings is 1. The third-order valence-corrected chi connectivity index (χ3v) is 4.55. The lowest BCUT2D eigenvalue weighted by Crippen LogP contribution is -2.38. The van der Waals surface area contributed by atoms with E-state index in [1.54, 1.807) is 12.1 Å². The van der Waals surface area contributed by atoms with Gasteiger partial charge in [0.15, 0.2) is 0 Å². The first-order valence-corrected chi connectivity index (χ1v) is 8.87. The first-order chi connectivity index (χ1) is 12.5. The van der Waals surface area contributed by atoms with Crippen LogP contribution in [-0.4, -0.2) is 58.5 Å². The van der Waals surface area contributed by atoms with Crippen LogP contribution in [-0.2, 0) is 0 Å². The van der Waals surface area contributed by atoms with Crippen molar-refractivity contribution in [3.8, 4) is 0 Å². The Bertz CT molecular complexity index is 741. The van der Waals surface area contributed by atoms with Crippen LogP contribution in [0.1, 0.15) is 26.7 Å². The van der Waals surface area contributed by atoms with Crippen LogP contribution >= 0.6 is 0 Å². The predicted molar refractivity (Wildman–Crippen MR) is 100 cm³/mol. The molecule has 1 aromatic carbocycles. The molecule has 1 aromatic heterocycles. The minimum atomic E-state index is -1.04. The smallest absolute Gasteiger partial charge is 0.412 e. The molecule has 0 saturated carbocycles. The van der Waals surface area contributed by atoms with Crippen LogP contribution in [0.4, 0.5) is 14.9 Å². The Morgan fingerprint density at radius 1 is 1.31 bits per heavy atom. The molecule has 0 aliphatic carbocycles. The van der Waals surface area contributed by atoms with Crippen LogP contribution in [0.25, 0.3) is 10.9 Å². The maximum absolute atomic E-state index is 13.4. The van der Waals surface area contributed by atoms with E-state index < -0.39 is 11.9 Å². The fourth-order valence-corrected chi connectivity index (χ4v) is 3.15. The first-order valence-electron chi connectivity index (χ1n) is 8.87. The molecule has 0 bridgehead atoms. The highest BCUT2D eigenvalue weighted by molar-refractivity contribution is 5.99. The van der Waals surface area contributed by atoms with E-state index in [9.17, 15) is 14.3 Å². The van der Waals surface area contributed by atoms with Gasteiger partial charge in [-0.3, -0.25) is 9.88 Å². The van der Waals surface area contributed by atoms with Crippen molar-refractivity contribution in [2.24, 2.45) is 0 Å². The highest BCUT2D eigenvalue weighted by atomic mass is 19.1. The number of likely N-dealkylation sites (N-methyl/N-ethyl adjacent to an activating group) is 1. The largest absolute Gasteiger partial charge is 0.465 e. The second-order valence-corrected chi connectivity index (χ2v) is 6.29. The van der Waals surface area contributed by atoms with Gasteiger partial charge < -0.3 is 15.1 Å². The molecule has 0 radical (unpaired) electrons. The number of anilines is 1. The number of carboxylic acid groups (broad SMARTS) is 1. The van der Waals surface area contributed by atoms with Crippen molar-refractivity contribution in [2.45, 2.75) is 32.7 Å². The van der Waals surface area contributed by atoms with Gasteiger partial charge in [0, 0.05) is 30.2 Å². The Kier molecular flexibility index (Phi) is 7.29. The summed E-state index contributed by atoms with van der Waals surface area (Å²) in [6.07, 6.45) is 1.95. The molecule has 7 heteroatoms. The van der Waals surface area contributed by atoms with Crippen molar-refractivity contribution in [2.75, 3.05) is 31.1 Å². The number of aliphatic hydroxyl groups excluding tert-OH is 1. The van der Waals surface area contributed by atoms with Crippen LogP contribution < -0.4 is 4.90 Å². The van der Waals surface area contributed by atoms with Crippen molar-refractivity contribution < 1.29 is 19.4 Å². The van der Waals surface area contributed by atoms with Gasteiger partial charge in [0.1, 0.15) is 5.82 Å². The molecule has 6 nitrogen and oxygen atoms in total. The van der Waals surface area contributed by atoms with Crippen molar-refractivity contribution >= 4 is 22.7 Å². The van der Waals surface area contributed by atoms with Crippen molar-refractivity contribution in [3.63, 3.8) is 0 Å². The van der Waals surface area contributed by atoms with Crippen LogP contribution in [0.3, 0.4) is 0 Å². The second-order valence-electron chi connectivity index (χ2n) is 6.29. The Hall–Kier alpha value is -2.25. The van der Waals surface area contributed by atoms with Gasteiger partial charge >= 0.3 is 6.09 Å². The summed E-state index contributed by atoms with van der Waals surface area (Å²) >= 11 is 0. The molecule has 1 amide bonds. The van der Waals surface area contributed by atoms with E-state index in [2.05, 4.69) is 9.88 Å². The molecular formula is C19H26FN3O3. The van der Waals surface area contributed by atoms with Gasteiger partial charge in [-0.1, -0.05) is 6.92 Å². The molecule has 0 fully saturated rings. The fourth-order valence-electron chi connectivity index (χ4n) is 3.15. The Labute approximate surface area is 152 Å². The van der Waals surface area contributed by atoms with Crippen molar-refractivity contribution in [1.29, 1.82) is 0 Å². The number of aliphatic hydroxyl groups is 1. The minimum Gasteiger partial charge on any atom is -0.465 e. The summed E-state index contributed by atoms with van der Waals surface area (Å²) in [7, 11) is 0. The van der Waals surface area contributed by atoms with Gasteiger partial charge in [-0.15, -0.1) is 0 Å². The molecule has 2 N–H and O–H groups in total. The first kappa shape index (κ1) is 20.1. The average Bonchev–Trinajstić information content (AvgIpc) is 2.60. The lowest BCUT2D eigenvalue weighted by atomic mass is 10.1. The van der Waals surface area contributed by atoms with Crippen LogP contribution in [0.15, 0.2) is 30.5 Å². The zero-order valence-corrected chi connectivity index (χ0v) is 15.2. The molecule has 1 unspecified atom stereocenters. The monoisotopic (exact) mass is 363 g/mol. The topological polar surface area (TPSA) is 76.9 Å². The van der Waals surface area contributed by atoms with Crippen molar-refractivity contribution in [3.05, 3.63) is 36.3 Å². The van der Waals surface area contributed by atoms with Gasteiger partial charge in [0.25, 0.3) is 0 Å². The molecule has 26 heavy (non-hydrogen) atoms.